The van der Waals surface area contributed by atoms with Gasteiger partial charge >= 0.3 is 0 Å². The largest absolute Gasteiger partial charge is 0.327 e. The van der Waals surface area contributed by atoms with Gasteiger partial charge in [-0.3, -0.25) is 0 Å². The van der Waals surface area contributed by atoms with Crippen molar-refractivity contribution in [1.82, 2.24) is 0 Å². The molecule has 2 atom stereocenters. The van der Waals surface area contributed by atoms with Crippen molar-refractivity contribution < 1.29 is 8.42 Å². The summed E-state index contributed by atoms with van der Waals surface area (Å²) in [4.78, 5) is 0. The van der Waals surface area contributed by atoms with E-state index in [-0.39, 0.29) is 23.5 Å². The van der Waals surface area contributed by atoms with E-state index in [2.05, 4.69) is 0 Å². The SMILES string of the molecule is C[C@H]1CS(=O)(=O)CC[C@H]1N. The van der Waals surface area contributed by atoms with Gasteiger partial charge in [-0.1, -0.05) is 6.92 Å². The Hall–Kier alpha value is -0.0900. The summed E-state index contributed by atoms with van der Waals surface area (Å²) >= 11 is 0. The Morgan fingerprint density at radius 1 is 1.50 bits per heavy atom. The third kappa shape index (κ3) is 1.70. The number of hydrogen-bond donors (Lipinski definition) is 1. The first-order chi connectivity index (χ1) is 4.51. The third-order valence-corrected chi connectivity index (χ3v) is 3.90. The molecule has 60 valence electrons. The van der Waals surface area contributed by atoms with Crippen molar-refractivity contribution in [2.45, 2.75) is 19.4 Å². The Morgan fingerprint density at radius 2 is 2.10 bits per heavy atom. The maximum Gasteiger partial charge on any atom is 0.150 e. The average molecular weight is 163 g/mol. The summed E-state index contributed by atoms with van der Waals surface area (Å²) in [6, 6.07) is 0.0866. The molecule has 4 heteroatoms. The van der Waals surface area contributed by atoms with E-state index in [9.17, 15) is 8.42 Å². The standard InChI is InChI=1S/C6H13NO2S/c1-5-4-10(8,9)3-2-6(5)7/h5-6H,2-4,7H2,1H3/t5-,6+/m0/s1. The van der Waals surface area contributed by atoms with Gasteiger partial charge in [0.25, 0.3) is 0 Å². The molecular formula is C6H13NO2S. The Morgan fingerprint density at radius 3 is 2.50 bits per heavy atom. The Labute approximate surface area is 61.5 Å². The van der Waals surface area contributed by atoms with E-state index in [1.165, 1.54) is 0 Å². The molecule has 1 fully saturated rings. The highest BCUT2D eigenvalue weighted by Gasteiger charge is 2.27. The van der Waals surface area contributed by atoms with Gasteiger partial charge in [0.05, 0.1) is 11.5 Å². The van der Waals surface area contributed by atoms with Crippen molar-refractivity contribution in [1.29, 1.82) is 0 Å². The molecule has 0 aromatic carbocycles. The molecular weight excluding hydrogens is 150 g/mol. The molecule has 0 spiro atoms. The Bertz CT molecular complexity index is 210. The lowest BCUT2D eigenvalue weighted by molar-refractivity contribution is 0.451. The van der Waals surface area contributed by atoms with Crippen LogP contribution in [-0.4, -0.2) is 26.0 Å². The zero-order valence-corrected chi connectivity index (χ0v) is 6.89. The van der Waals surface area contributed by atoms with E-state index < -0.39 is 9.84 Å². The molecule has 0 saturated carbocycles. The second-order valence-electron chi connectivity index (χ2n) is 3.04. The molecule has 0 radical (unpaired) electrons. The van der Waals surface area contributed by atoms with Crippen LogP contribution in [0.3, 0.4) is 0 Å². The lowest BCUT2D eigenvalue weighted by atomic mass is 10.0. The summed E-state index contributed by atoms with van der Waals surface area (Å²) in [7, 11) is -2.74. The van der Waals surface area contributed by atoms with Crippen LogP contribution in [-0.2, 0) is 9.84 Å². The molecule has 0 aliphatic carbocycles. The van der Waals surface area contributed by atoms with E-state index in [1.807, 2.05) is 6.92 Å². The second kappa shape index (κ2) is 2.51. The molecule has 0 aromatic rings. The minimum atomic E-state index is -2.74. The predicted octanol–water partition coefficient (Wildman–Crippen LogP) is -0.232. The summed E-state index contributed by atoms with van der Waals surface area (Å²) in [6.45, 7) is 1.89. The lowest BCUT2D eigenvalue weighted by Gasteiger charge is -2.24. The monoisotopic (exact) mass is 163 g/mol. The second-order valence-corrected chi connectivity index (χ2v) is 5.27. The van der Waals surface area contributed by atoms with Crippen LogP contribution >= 0.6 is 0 Å². The molecule has 1 aliphatic heterocycles. The van der Waals surface area contributed by atoms with Gasteiger partial charge in [-0.2, -0.15) is 0 Å². The third-order valence-electron chi connectivity index (χ3n) is 2.01. The van der Waals surface area contributed by atoms with Gasteiger partial charge in [0.1, 0.15) is 0 Å². The molecule has 0 aromatic heterocycles. The van der Waals surface area contributed by atoms with Crippen molar-refractivity contribution in [2.75, 3.05) is 11.5 Å². The van der Waals surface area contributed by atoms with Gasteiger partial charge in [-0.05, 0) is 12.3 Å². The number of rotatable bonds is 0. The topological polar surface area (TPSA) is 60.2 Å². The highest BCUT2D eigenvalue weighted by atomic mass is 32.2. The van der Waals surface area contributed by atoms with Crippen LogP contribution in [0, 0.1) is 5.92 Å². The van der Waals surface area contributed by atoms with E-state index in [1.54, 1.807) is 0 Å². The van der Waals surface area contributed by atoms with Crippen molar-refractivity contribution in [2.24, 2.45) is 11.7 Å². The van der Waals surface area contributed by atoms with E-state index in [0.29, 0.717) is 6.42 Å². The fraction of sp³-hybridized carbons (Fsp3) is 1.00. The first-order valence-electron chi connectivity index (χ1n) is 3.47. The van der Waals surface area contributed by atoms with Crippen LogP contribution in [0.25, 0.3) is 0 Å². The minimum absolute atomic E-state index is 0.0866. The smallest absolute Gasteiger partial charge is 0.150 e. The predicted molar refractivity (Wildman–Crippen MR) is 40.4 cm³/mol. The maximum atomic E-state index is 11.0. The number of sulfone groups is 1. The summed E-state index contributed by atoms with van der Waals surface area (Å²) in [6.07, 6.45) is 0.628. The lowest BCUT2D eigenvalue weighted by Crippen LogP contribution is -2.40. The van der Waals surface area contributed by atoms with E-state index >= 15 is 0 Å². The van der Waals surface area contributed by atoms with Crippen molar-refractivity contribution in [3.8, 4) is 0 Å². The van der Waals surface area contributed by atoms with Crippen LogP contribution in [0.1, 0.15) is 13.3 Å². The quantitative estimate of drug-likeness (QED) is 0.536. The van der Waals surface area contributed by atoms with Gasteiger partial charge in [-0.15, -0.1) is 0 Å². The van der Waals surface area contributed by atoms with Crippen molar-refractivity contribution in [3.63, 3.8) is 0 Å². The summed E-state index contributed by atoms with van der Waals surface area (Å²) in [5.41, 5.74) is 5.63. The van der Waals surface area contributed by atoms with Crippen LogP contribution in [0.5, 0.6) is 0 Å². The number of hydrogen-bond acceptors (Lipinski definition) is 3. The van der Waals surface area contributed by atoms with Gasteiger partial charge in [0.2, 0.25) is 0 Å². The Balaban J connectivity index is 2.66. The molecule has 1 heterocycles. The molecule has 3 nitrogen and oxygen atoms in total. The molecule has 1 saturated heterocycles. The fourth-order valence-electron chi connectivity index (χ4n) is 1.21. The van der Waals surface area contributed by atoms with Gasteiger partial charge in [0, 0.05) is 6.04 Å². The summed E-state index contributed by atoms with van der Waals surface area (Å²) < 4.78 is 21.9. The molecule has 1 rings (SSSR count). The Kier molecular flexibility index (Phi) is 2.01. The zero-order valence-electron chi connectivity index (χ0n) is 6.08. The van der Waals surface area contributed by atoms with Crippen molar-refractivity contribution in [3.05, 3.63) is 0 Å². The fourth-order valence-corrected chi connectivity index (χ4v) is 3.05. The van der Waals surface area contributed by atoms with Crippen molar-refractivity contribution >= 4 is 9.84 Å². The van der Waals surface area contributed by atoms with E-state index in [4.69, 9.17) is 5.73 Å². The molecule has 2 N–H and O–H groups in total. The zero-order chi connectivity index (χ0) is 7.78. The first-order valence-corrected chi connectivity index (χ1v) is 5.29. The summed E-state index contributed by atoms with van der Waals surface area (Å²) in [5, 5.41) is 0. The highest BCUT2D eigenvalue weighted by Crippen LogP contribution is 2.16. The molecule has 0 amide bonds. The van der Waals surface area contributed by atoms with Crippen LogP contribution in [0.15, 0.2) is 0 Å². The van der Waals surface area contributed by atoms with Gasteiger partial charge < -0.3 is 5.73 Å². The van der Waals surface area contributed by atoms with Gasteiger partial charge in [-0.25, -0.2) is 8.42 Å². The van der Waals surface area contributed by atoms with Gasteiger partial charge in [0.15, 0.2) is 9.84 Å². The van der Waals surface area contributed by atoms with Crippen LogP contribution in [0.4, 0.5) is 0 Å². The molecule has 1 aliphatic rings. The normalized spacial score (nSPS) is 39.4. The minimum Gasteiger partial charge on any atom is -0.327 e. The van der Waals surface area contributed by atoms with Crippen LogP contribution < -0.4 is 5.73 Å². The molecule has 0 unspecified atom stereocenters. The average Bonchev–Trinajstić information content (AvgIpc) is 1.79. The number of nitrogens with two attached hydrogens (primary N) is 1. The highest BCUT2D eigenvalue weighted by molar-refractivity contribution is 7.91. The summed E-state index contributed by atoms with van der Waals surface area (Å²) in [5.74, 6) is 0.686. The van der Waals surface area contributed by atoms with E-state index in [0.717, 1.165) is 0 Å². The van der Waals surface area contributed by atoms with Crippen LogP contribution in [0.2, 0.25) is 0 Å². The maximum absolute atomic E-state index is 11.0. The molecule has 0 bridgehead atoms. The first kappa shape index (κ1) is 8.01. The molecule has 10 heavy (non-hydrogen) atoms.